The van der Waals surface area contributed by atoms with Gasteiger partial charge in [-0.3, -0.25) is 0 Å². The first-order chi connectivity index (χ1) is 7.27. The zero-order chi connectivity index (χ0) is 10.7. The Kier molecular flexibility index (Phi) is 3.56. The van der Waals surface area contributed by atoms with E-state index in [4.69, 9.17) is 0 Å². The average molecular weight is 286 g/mol. The third-order valence-corrected chi connectivity index (χ3v) is 4.22. The van der Waals surface area contributed by atoms with Gasteiger partial charge in [-0.05, 0) is 34.3 Å². The number of aromatic amines is 1. The van der Waals surface area contributed by atoms with Crippen molar-refractivity contribution in [3.8, 4) is 0 Å². The number of imidazole rings is 1. The fraction of sp³-hybridized carbons (Fsp3) is 0.300. The first-order valence-electron chi connectivity index (χ1n) is 4.72. The molecule has 1 atom stereocenters. The SMILES string of the molecule is CC(NCc1ncc[nH]1)c1sccc1Br. The molecule has 2 N–H and O–H groups in total. The van der Waals surface area contributed by atoms with Crippen LogP contribution in [0.25, 0.3) is 0 Å². The zero-order valence-corrected chi connectivity index (χ0v) is 10.7. The number of H-pyrrole nitrogens is 1. The van der Waals surface area contributed by atoms with Crippen LogP contribution in [0.5, 0.6) is 0 Å². The van der Waals surface area contributed by atoms with Crippen LogP contribution in [-0.2, 0) is 6.54 Å². The van der Waals surface area contributed by atoms with Crippen molar-refractivity contribution in [2.24, 2.45) is 0 Å². The molecule has 2 rings (SSSR count). The fourth-order valence-corrected chi connectivity index (χ4v) is 3.10. The van der Waals surface area contributed by atoms with Crippen LogP contribution in [0.3, 0.4) is 0 Å². The summed E-state index contributed by atoms with van der Waals surface area (Å²) < 4.78 is 1.17. The van der Waals surface area contributed by atoms with E-state index in [0.29, 0.717) is 6.04 Å². The summed E-state index contributed by atoms with van der Waals surface area (Å²) in [6.07, 6.45) is 3.60. The maximum atomic E-state index is 4.17. The lowest BCUT2D eigenvalue weighted by Gasteiger charge is -2.11. The molecule has 2 heterocycles. The van der Waals surface area contributed by atoms with E-state index >= 15 is 0 Å². The summed E-state index contributed by atoms with van der Waals surface area (Å²) in [5.74, 6) is 0.967. The summed E-state index contributed by atoms with van der Waals surface area (Å²) in [6.45, 7) is 2.91. The van der Waals surface area contributed by atoms with E-state index in [9.17, 15) is 0 Å². The van der Waals surface area contributed by atoms with Crippen LogP contribution in [-0.4, -0.2) is 9.97 Å². The predicted molar refractivity (Wildman–Crippen MR) is 65.9 cm³/mol. The van der Waals surface area contributed by atoms with Gasteiger partial charge in [0.25, 0.3) is 0 Å². The van der Waals surface area contributed by atoms with Gasteiger partial charge in [-0.1, -0.05) is 0 Å². The smallest absolute Gasteiger partial charge is 0.120 e. The van der Waals surface area contributed by atoms with Crippen molar-refractivity contribution >= 4 is 27.3 Å². The molecule has 0 aromatic carbocycles. The normalized spacial score (nSPS) is 12.9. The Hall–Kier alpha value is -0.650. The van der Waals surface area contributed by atoms with Crippen molar-refractivity contribution in [3.05, 3.63) is 39.0 Å². The number of rotatable bonds is 4. The molecule has 0 aliphatic carbocycles. The van der Waals surface area contributed by atoms with Gasteiger partial charge < -0.3 is 10.3 Å². The quantitative estimate of drug-likeness (QED) is 0.906. The van der Waals surface area contributed by atoms with Crippen LogP contribution < -0.4 is 5.32 Å². The first kappa shape index (κ1) is 10.9. The molecule has 0 saturated carbocycles. The third kappa shape index (κ3) is 2.68. The number of halogens is 1. The molecule has 0 saturated heterocycles. The molecule has 2 aromatic heterocycles. The van der Waals surface area contributed by atoms with Gasteiger partial charge >= 0.3 is 0 Å². The molecule has 0 fully saturated rings. The highest BCUT2D eigenvalue weighted by Crippen LogP contribution is 2.28. The summed E-state index contributed by atoms with van der Waals surface area (Å²) in [5.41, 5.74) is 0. The van der Waals surface area contributed by atoms with Crippen LogP contribution in [0.4, 0.5) is 0 Å². The minimum atomic E-state index is 0.337. The lowest BCUT2D eigenvalue weighted by atomic mass is 10.3. The van der Waals surface area contributed by atoms with Crippen molar-refractivity contribution < 1.29 is 0 Å². The zero-order valence-electron chi connectivity index (χ0n) is 8.33. The molecular formula is C10H12BrN3S. The second-order valence-corrected chi connectivity index (χ2v) is 5.07. The van der Waals surface area contributed by atoms with Crippen LogP contribution >= 0.6 is 27.3 Å². The second-order valence-electron chi connectivity index (χ2n) is 3.27. The maximum Gasteiger partial charge on any atom is 0.120 e. The lowest BCUT2D eigenvalue weighted by molar-refractivity contribution is 0.568. The van der Waals surface area contributed by atoms with Crippen LogP contribution in [0.2, 0.25) is 0 Å². The van der Waals surface area contributed by atoms with Gasteiger partial charge in [0.2, 0.25) is 0 Å². The molecular weight excluding hydrogens is 274 g/mol. The Morgan fingerprint density at radius 1 is 1.67 bits per heavy atom. The van der Waals surface area contributed by atoms with E-state index in [1.807, 2.05) is 6.20 Å². The number of hydrogen-bond donors (Lipinski definition) is 2. The highest BCUT2D eigenvalue weighted by atomic mass is 79.9. The Morgan fingerprint density at radius 2 is 2.53 bits per heavy atom. The van der Waals surface area contributed by atoms with Crippen molar-refractivity contribution in [1.29, 1.82) is 0 Å². The molecule has 0 amide bonds. The Labute approximate surface area is 101 Å². The van der Waals surface area contributed by atoms with E-state index in [1.54, 1.807) is 17.5 Å². The molecule has 0 spiro atoms. The second kappa shape index (κ2) is 4.92. The third-order valence-electron chi connectivity index (χ3n) is 2.17. The molecule has 15 heavy (non-hydrogen) atoms. The van der Waals surface area contributed by atoms with Gasteiger partial charge in [-0.15, -0.1) is 11.3 Å². The van der Waals surface area contributed by atoms with Crippen molar-refractivity contribution in [3.63, 3.8) is 0 Å². The monoisotopic (exact) mass is 285 g/mol. The molecule has 2 aromatic rings. The van der Waals surface area contributed by atoms with E-state index in [0.717, 1.165) is 12.4 Å². The minimum Gasteiger partial charge on any atom is -0.348 e. The highest BCUT2D eigenvalue weighted by Gasteiger charge is 2.10. The Bertz CT molecular complexity index is 410. The minimum absolute atomic E-state index is 0.337. The standard InChI is InChI=1S/C10H12BrN3S/c1-7(10-8(11)2-5-15-10)14-6-9-12-3-4-13-9/h2-5,7,14H,6H2,1H3,(H,12,13). The van der Waals surface area contributed by atoms with Gasteiger partial charge in [0.1, 0.15) is 5.82 Å². The fourth-order valence-electron chi connectivity index (χ4n) is 1.35. The largest absolute Gasteiger partial charge is 0.348 e. The summed E-state index contributed by atoms with van der Waals surface area (Å²) in [7, 11) is 0. The highest BCUT2D eigenvalue weighted by molar-refractivity contribution is 9.10. The van der Waals surface area contributed by atoms with E-state index < -0.39 is 0 Å². The summed E-state index contributed by atoms with van der Waals surface area (Å²) in [4.78, 5) is 8.56. The van der Waals surface area contributed by atoms with E-state index in [1.165, 1.54) is 9.35 Å². The molecule has 5 heteroatoms. The van der Waals surface area contributed by atoms with Gasteiger partial charge in [-0.25, -0.2) is 4.98 Å². The first-order valence-corrected chi connectivity index (χ1v) is 6.39. The predicted octanol–water partition coefficient (Wildman–Crippen LogP) is 3.08. The number of nitrogens with one attached hydrogen (secondary N) is 2. The van der Waals surface area contributed by atoms with Gasteiger partial charge in [0, 0.05) is 27.8 Å². The molecule has 0 aliphatic rings. The van der Waals surface area contributed by atoms with Crippen LogP contribution in [0.1, 0.15) is 23.7 Å². The summed E-state index contributed by atoms with van der Waals surface area (Å²) in [6, 6.07) is 2.41. The molecule has 0 bridgehead atoms. The summed E-state index contributed by atoms with van der Waals surface area (Å²) >= 11 is 5.29. The van der Waals surface area contributed by atoms with Crippen LogP contribution in [0.15, 0.2) is 28.3 Å². The Morgan fingerprint density at radius 3 is 3.13 bits per heavy atom. The van der Waals surface area contributed by atoms with Gasteiger partial charge in [0.05, 0.1) is 6.54 Å². The van der Waals surface area contributed by atoms with Crippen molar-refractivity contribution in [2.75, 3.05) is 0 Å². The van der Waals surface area contributed by atoms with Gasteiger partial charge in [0.15, 0.2) is 0 Å². The van der Waals surface area contributed by atoms with Crippen molar-refractivity contribution in [1.82, 2.24) is 15.3 Å². The topological polar surface area (TPSA) is 40.7 Å². The molecule has 0 aliphatic heterocycles. The number of thiophene rings is 1. The number of hydrogen-bond acceptors (Lipinski definition) is 3. The molecule has 3 nitrogen and oxygen atoms in total. The summed E-state index contributed by atoms with van der Waals surface area (Å²) in [5, 5.41) is 5.50. The average Bonchev–Trinajstić information content (AvgIpc) is 2.84. The maximum absolute atomic E-state index is 4.17. The molecule has 0 radical (unpaired) electrons. The van der Waals surface area contributed by atoms with Crippen molar-refractivity contribution in [2.45, 2.75) is 19.5 Å². The lowest BCUT2D eigenvalue weighted by Crippen LogP contribution is -2.18. The Balaban J connectivity index is 1.93. The molecule has 1 unspecified atom stereocenters. The van der Waals surface area contributed by atoms with Crippen LogP contribution in [0, 0.1) is 0 Å². The number of nitrogens with zero attached hydrogens (tertiary/aromatic N) is 1. The molecule has 80 valence electrons. The van der Waals surface area contributed by atoms with E-state index in [2.05, 4.69) is 49.6 Å². The van der Waals surface area contributed by atoms with Gasteiger partial charge in [-0.2, -0.15) is 0 Å². The number of aromatic nitrogens is 2. The van der Waals surface area contributed by atoms with E-state index in [-0.39, 0.29) is 0 Å².